The van der Waals surface area contributed by atoms with Crippen molar-refractivity contribution in [3.05, 3.63) is 78.3 Å². The normalized spacial score (nSPS) is 11.2. The monoisotopic (exact) mass is 384 g/mol. The topological polar surface area (TPSA) is 79.6 Å². The van der Waals surface area contributed by atoms with Crippen LogP contribution in [0.5, 0.6) is 0 Å². The van der Waals surface area contributed by atoms with E-state index in [1.165, 1.54) is 16.4 Å². The third-order valence-electron chi connectivity index (χ3n) is 4.00. The van der Waals surface area contributed by atoms with Gasteiger partial charge in [-0.15, -0.1) is 0 Å². The van der Waals surface area contributed by atoms with Crippen molar-refractivity contribution >= 4 is 27.3 Å². The van der Waals surface area contributed by atoms with E-state index in [-0.39, 0.29) is 10.7 Å². The molecular weight excluding hydrogens is 364 g/mol. The van der Waals surface area contributed by atoms with Crippen LogP contribution in [-0.2, 0) is 10.0 Å². The first-order valence-corrected chi connectivity index (χ1v) is 9.91. The molecule has 1 heterocycles. The number of hydrogen-bond acceptors (Lipinski definition) is 4. The molecule has 0 atom stereocenters. The molecule has 6 nitrogen and oxygen atoms in total. The molecule has 0 radical (unpaired) electrons. The molecule has 3 rings (SSSR count). The Balaban J connectivity index is 1.80. The number of carbonyl (C=O) groups excluding carboxylic acids is 1. The Bertz CT molecular complexity index is 1030. The van der Waals surface area contributed by atoms with E-state index in [1.54, 1.807) is 62.4 Å². The number of anilines is 2. The molecule has 3 aromatic rings. The third-order valence-corrected chi connectivity index (χ3v) is 5.91. The molecule has 0 spiro atoms. The van der Waals surface area contributed by atoms with E-state index >= 15 is 0 Å². The van der Waals surface area contributed by atoms with Crippen molar-refractivity contribution in [3.8, 4) is 0 Å². The zero-order chi connectivity index (χ0) is 19.4. The van der Waals surface area contributed by atoms with Gasteiger partial charge in [-0.25, -0.2) is 8.42 Å². The molecular formula is C20H20N2O4S. The van der Waals surface area contributed by atoms with Crippen LogP contribution in [0.1, 0.15) is 23.2 Å². The minimum absolute atomic E-state index is 0.153. The number of sulfonamides is 1. The Morgan fingerprint density at radius 2 is 1.67 bits per heavy atom. The van der Waals surface area contributed by atoms with Crippen molar-refractivity contribution in [1.29, 1.82) is 0 Å². The molecule has 0 aliphatic carbocycles. The molecule has 0 fully saturated rings. The summed E-state index contributed by atoms with van der Waals surface area (Å²) in [4.78, 5) is 12.3. The summed E-state index contributed by atoms with van der Waals surface area (Å²) < 4.78 is 32.5. The van der Waals surface area contributed by atoms with Crippen LogP contribution in [0.25, 0.3) is 0 Å². The number of carbonyl (C=O) groups is 1. The number of nitrogens with one attached hydrogen (secondary N) is 1. The summed E-state index contributed by atoms with van der Waals surface area (Å²) in [6.45, 7) is 3.84. The number of hydrogen-bond donors (Lipinski definition) is 1. The van der Waals surface area contributed by atoms with E-state index in [4.69, 9.17) is 4.42 Å². The van der Waals surface area contributed by atoms with Gasteiger partial charge in [-0.05, 0) is 62.4 Å². The van der Waals surface area contributed by atoms with E-state index < -0.39 is 15.9 Å². The summed E-state index contributed by atoms with van der Waals surface area (Å²) in [6.07, 6.45) is 0. The molecule has 1 N–H and O–H groups in total. The first-order chi connectivity index (χ1) is 12.9. The predicted molar refractivity (Wildman–Crippen MR) is 104 cm³/mol. The van der Waals surface area contributed by atoms with E-state index in [0.717, 1.165) is 0 Å². The van der Waals surface area contributed by atoms with Crippen molar-refractivity contribution in [2.75, 3.05) is 16.2 Å². The molecule has 1 aromatic heterocycles. The molecule has 27 heavy (non-hydrogen) atoms. The Labute approximate surface area is 158 Å². The quantitative estimate of drug-likeness (QED) is 0.695. The molecule has 2 aromatic carbocycles. The maximum Gasteiger partial charge on any atom is 0.291 e. The summed E-state index contributed by atoms with van der Waals surface area (Å²) in [5.74, 6) is 0.450. The fourth-order valence-corrected chi connectivity index (χ4v) is 4.15. The van der Waals surface area contributed by atoms with Gasteiger partial charge in [-0.1, -0.05) is 18.2 Å². The first kappa shape index (κ1) is 18.7. The molecule has 0 saturated carbocycles. The van der Waals surface area contributed by atoms with Gasteiger partial charge >= 0.3 is 0 Å². The number of benzene rings is 2. The smallest absolute Gasteiger partial charge is 0.291 e. The Kier molecular flexibility index (Phi) is 5.32. The van der Waals surface area contributed by atoms with Crippen LogP contribution < -0.4 is 9.62 Å². The minimum atomic E-state index is -3.70. The molecule has 0 aliphatic rings. The number of aryl methyl sites for hydroxylation is 1. The number of nitrogens with zero attached hydrogens (tertiary/aromatic N) is 1. The van der Waals surface area contributed by atoms with Crippen molar-refractivity contribution in [2.45, 2.75) is 18.7 Å². The van der Waals surface area contributed by atoms with Crippen LogP contribution in [0, 0.1) is 6.92 Å². The lowest BCUT2D eigenvalue weighted by Crippen LogP contribution is -2.30. The lowest BCUT2D eigenvalue weighted by Gasteiger charge is -2.23. The summed E-state index contributed by atoms with van der Waals surface area (Å²) in [7, 11) is -3.70. The second-order valence-corrected chi connectivity index (χ2v) is 7.76. The zero-order valence-electron chi connectivity index (χ0n) is 15.0. The van der Waals surface area contributed by atoms with Crippen molar-refractivity contribution in [2.24, 2.45) is 0 Å². The van der Waals surface area contributed by atoms with Crippen molar-refractivity contribution in [1.82, 2.24) is 0 Å². The van der Waals surface area contributed by atoms with Crippen LogP contribution >= 0.6 is 0 Å². The van der Waals surface area contributed by atoms with Crippen LogP contribution in [-0.4, -0.2) is 20.9 Å². The molecule has 0 bridgehead atoms. The zero-order valence-corrected chi connectivity index (χ0v) is 15.9. The van der Waals surface area contributed by atoms with Gasteiger partial charge in [0.05, 0.1) is 10.6 Å². The van der Waals surface area contributed by atoms with E-state index in [9.17, 15) is 13.2 Å². The Morgan fingerprint density at radius 1 is 1.00 bits per heavy atom. The lowest BCUT2D eigenvalue weighted by atomic mass is 10.3. The molecule has 0 unspecified atom stereocenters. The van der Waals surface area contributed by atoms with Gasteiger partial charge in [0.1, 0.15) is 5.76 Å². The van der Waals surface area contributed by atoms with Crippen LogP contribution in [0.3, 0.4) is 0 Å². The molecule has 0 saturated heterocycles. The SMILES string of the molecule is CCN(c1ccccc1)S(=O)(=O)c1ccc(NC(=O)c2ccc(C)o2)cc1. The minimum Gasteiger partial charge on any atom is -0.456 e. The number of para-hydroxylation sites is 1. The van der Waals surface area contributed by atoms with E-state index in [1.807, 2.05) is 6.07 Å². The van der Waals surface area contributed by atoms with Crippen LogP contribution in [0.15, 0.2) is 76.0 Å². The first-order valence-electron chi connectivity index (χ1n) is 8.47. The highest BCUT2D eigenvalue weighted by Gasteiger charge is 2.23. The average Bonchev–Trinajstić information content (AvgIpc) is 3.10. The van der Waals surface area contributed by atoms with Crippen LogP contribution in [0.2, 0.25) is 0 Å². The standard InChI is InChI=1S/C20H20N2O4S/c1-3-22(17-7-5-4-6-8-17)27(24,25)18-12-10-16(11-13-18)21-20(23)19-14-9-15(2)26-19/h4-14H,3H2,1-2H3,(H,21,23). The highest BCUT2D eigenvalue weighted by atomic mass is 32.2. The van der Waals surface area contributed by atoms with E-state index in [0.29, 0.717) is 23.7 Å². The average molecular weight is 384 g/mol. The Hall–Kier alpha value is -3.06. The van der Waals surface area contributed by atoms with Gasteiger partial charge in [0.25, 0.3) is 15.9 Å². The number of rotatable bonds is 6. The lowest BCUT2D eigenvalue weighted by molar-refractivity contribution is 0.0995. The second-order valence-electron chi connectivity index (χ2n) is 5.89. The van der Waals surface area contributed by atoms with Crippen LogP contribution in [0.4, 0.5) is 11.4 Å². The van der Waals surface area contributed by atoms with Gasteiger partial charge in [-0.2, -0.15) is 0 Å². The van der Waals surface area contributed by atoms with E-state index in [2.05, 4.69) is 5.32 Å². The molecule has 0 aliphatic heterocycles. The fraction of sp³-hybridized carbons (Fsp3) is 0.150. The van der Waals surface area contributed by atoms with Gasteiger partial charge in [0, 0.05) is 12.2 Å². The molecule has 1 amide bonds. The van der Waals surface area contributed by atoms with Crippen molar-refractivity contribution in [3.63, 3.8) is 0 Å². The highest BCUT2D eigenvalue weighted by Crippen LogP contribution is 2.24. The van der Waals surface area contributed by atoms with Gasteiger partial charge in [0.15, 0.2) is 5.76 Å². The third kappa shape index (κ3) is 4.03. The summed E-state index contributed by atoms with van der Waals surface area (Å²) in [5.41, 5.74) is 1.08. The fourth-order valence-electron chi connectivity index (χ4n) is 2.67. The Morgan fingerprint density at radius 3 is 2.22 bits per heavy atom. The van der Waals surface area contributed by atoms with Gasteiger partial charge < -0.3 is 9.73 Å². The maximum atomic E-state index is 12.9. The van der Waals surface area contributed by atoms with Crippen molar-refractivity contribution < 1.29 is 17.6 Å². The summed E-state index contributed by atoms with van der Waals surface area (Å²) in [6, 6.07) is 18.3. The highest BCUT2D eigenvalue weighted by molar-refractivity contribution is 7.92. The van der Waals surface area contributed by atoms with Gasteiger partial charge in [0.2, 0.25) is 0 Å². The number of furan rings is 1. The number of amides is 1. The molecule has 140 valence electrons. The summed E-state index contributed by atoms with van der Waals surface area (Å²) in [5, 5.41) is 2.68. The predicted octanol–water partition coefficient (Wildman–Crippen LogP) is 4.06. The maximum absolute atomic E-state index is 12.9. The summed E-state index contributed by atoms with van der Waals surface area (Å²) >= 11 is 0. The van der Waals surface area contributed by atoms with Gasteiger partial charge in [-0.3, -0.25) is 9.10 Å². The largest absolute Gasteiger partial charge is 0.456 e. The second kappa shape index (κ2) is 7.67. The molecule has 7 heteroatoms.